The van der Waals surface area contributed by atoms with Gasteiger partial charge in [-0.2, -0.15) is 0 Å². The molecular weight excluding hydrogens is 264 g/mol. The second kappa shape index (κ2) is 5.69. The Balaban J connectivity index is 1.94. The average molecular weight is 283 g/mol. The third kappa shape index (κ3) is 3.22. The van der Waals surface area contributed by atoms with Gasteiger partial charge in [0.2, 0.25) is 0 Å². The number of hydrogen-bond acceptors (Lipinski definition) is 2. The normalized spacial score (nSPS) is 20.8. The molecule has 1 saturated heterocycles. The van der Waals surface area contributed by atoms with Gasteiger partial charge in [0.05, 0.1) is 0 Å². The lowest BCUT2D eigenvalue weighted by atomic mass is 9.99. The number of nitrogens with one attached hydrogen (secondary N) is 1. The molecule has 1 fully saturated rings. The van der Waals surface area contributed by atoms with E-state index in [-0.39, 0.29) is 0 Å². The van der Waals surface area contributed by atoms with Gasteiger partial charge in [-0.1, -0.05) is 22.0 Å². The topological polar surface area (TPSA) is 15.3 Å². The van der Waals surface area contributed by atoms with Crippen molar-refractivity contribution in [3.63, 3.8) is 0 Å². The second-order valence-electron chi connectivity index (χ2n) is 4.57. The lowest BCUT2D eigenvalue weighted by Gasteiger charge is -2.29. The summed E-state index contributed by atoms with van der Waals surface area (Å²) in [6, 6.07) is 8.51. The van der Waals surface area contributed by atoms with Gasteiger partial charge in [0.1, 0.15) is 0 Å². The third-order valence-corrected chi connectivity index (χ3v) is 3.67. The lowest BCUT2D eigenvalue weighted by Crippen LogP contribution is -2.36. The zero-order valence-electron chi connectivity index (χ0n) is 9.75. The molecule has 1 N–H and O–H groups in total. The van der Waals surface area contributed by atoms with E-state index in [1.807, 2.05) is 0 Å². The fourth-order valence-corrected chi connectivity index (χ4v) is 2.67. The molecule has 0 aliphatic carbocycles. The average Bonchev–Trinajstić information content (AvgIpc) is 2.30. The van der Waals surface area contributed by atoms with E-state index in [0.29, 0.717) is 0 Å². The van der Waals surface area contributed by atoms with Crippen molar-refractivity contribution in [3.8, 4) is 0 Å². The Bertz CT molecular complexity index is 334. The maximum Gasteiger partial charge on any atom is 0.0375 e. The summed E-state index contributed by atoms with van der Waals surface area (Å²) in [7, 11) is 2.18. The lowest BCUT2D eigenvalue weighted by molar-refractivity contribution is 0.381. The number of halogens is 1. The van der Waals surface area contributed by atoms with Crippen molar-refractivity contribution in [1.29, 1.82) is 0 Å². The smallest absolute Gasteiger partial charge is 0.0375 e. The first-order valence-corrected chi connectivity index (χ1v) is 6.72. The van der Waals surface area contributed by atoms with Crippen molar-refractivity contribution < 1.29 is 0 Å². The molecule has 0 spiro atoms. The summed E-state index contributed by atoms with van der Waals surface area (Å²) in [5.41, 5.74) is 1.29. The zero-order valence-corrected chi connectivity index (χ0v) is 11.3. The number of hydrogen-bond donors (Lipinski definition) is 1. The van der Waals surface area contributed by atoms with Gasteiger partial charge in [0.25, 0.3) is 0 Å². The molecule has 3 heteroatoms. The van der Waals surface area contributed by atoms with Gasteiger partial charge < -0.3 is 10.2 Å². The van der Waals surface area contributed by atoms with Gasteiger partial charge in [0.15, 0.2) is 0 Å². The third-order valence-electron chi connectivity index (χ3n) is 3.18. The first kappa shape index (κ1) is 11.9. The molecule has 1 atom stereocenters. The van der Waals surface area contributed by atoms with Crippen LogP contribution in [-0.2, 0) is 0 Å². The molecule has 16 heavy (non-hydrogen) atoms. The van der Waals surface area contributed by atoms with Crippen molar-refractivity contribution in [3.05, 3.63) is 28.7 Å². The summed E-state index contributed by atoms with van der Waals surface area (Å²) in [4.78, 5) is 2.35. The minimum absolute atomic E-state index is 0.790. The molecule has 2 nitrogen and oxygen atoms in total. The first-order chi connectivity index (χ1) is 7.75. The van der Waals surface area contributed by atoms with Crippen molar-refractivity contribution in [2.24, 2.45) is 5.92 Å². The Kier molecular flexibility index (Phi) is 4.24. The first-order valence-electron chi connectivity index (χ1n) is 5.93. The predicted molar refractivity (Wildman–Crippen MR) is 73.0 cm³/mol. The zero-order chi connectivity index (χ0) is 11.4. The molecule has 1 aliphatic heterocycles. The summed E-state index contributed by atoms with van der Waals surface area (Å²) in [5.74, 6) is 0.790. The quantitative estimate of drug-likeness (QED) is 0.917. The Labute approximate surface area is 106 Å². The van der Waals surface area contributed by atoms with Crippen LogP contribution in [0.5, 0.6) is 0 Å². The minimum Gasteiger partial charge on any atom is -0.374 e. The highest BCUT2D eigenvalue weighted by Gasteiger charge is 2.15. The molecule has 0 bridgehead atoms. The van der Waals surface area contributed by atoms with Gasteiger partial charge >= 0.3 is 0 Å². The van der Waals surface area contributed by atoms with E-state index in [9.17, 15) is 0 Å². The predicted octanol–water partition coefficient (Wildman–Crippen LogP) is 2.88. The summed E-state index contributed by atoms with van der Waals surface area (Å²) >= 11 is 3.52. The van der Waals surface area contributed by atoms with Crippen molar-refractivity contribution in [1.82, 2.24) is 5.32 Å². The Morgan fingerprint density at radius 1 is 1.50 bits per heavy atom. The van der Waals surface area contributed by atoms with Crippen molar-refractivity contribution >= 4 is 21.6 Å². The second-order valence-corrected chi connectivity index (χ2v) is 5.49. The molecule has 0 amide bonds. The van der Waals surface area contributed by atoms with Gasteiger partial charge in [-0.25, -0.2) is 0 Å². The maximum atomic E-state index is 3.52. The highest BCUT2D eigenvalue weighted by Crippen LogP contribution is 2.21. The van der Waals surface area contributed by atoms with E-state index in [4.69, 9.17) is 0 Å². The number of benzene rings is 1. The molecule has 0 radical (unpaired) electrons. The van der Waals surface area contributed by atoms with E-state index in [1.165, 1.54) is 31.6 Å². The molecule has 2 rings (SSSR count). The number of nitrogens with zero attached hydrogens (tertiary/aromatic N) is 1. The van der Waals surface area contributed by atoms with E-state index >= 15 is 0 Å². The van der Waals surface area contributed by atoms with Crippen LogP contribution in [0.2, 0.25) is 0 Å². The Morgan fingerprint density at radius 2 is 2.38 bits per heavy atom. The molecule has 1 aromatic rings. The largest absolute Gasteiger partial charge is 0.374 e. The van der Waals surface area contributed by atoms with E-state index in [1.54, 1.807) is 0 Å². The van der Waals surface area contributed by atoms with Crippen molar-refractivity contribution in [2.45, 2.75) is 12.8 Å². The van der Waals surface area contributed by atoms with Crippen LogP contribution in [0.4, 0.5) is 5.69 Å². The fourth-order valence-electron chi connectivity index (χ4n) is 2.29. The Morgan fingerprint density at radius 3 is 3.06 bits per heavy atom. The number of anilines is 1. The van der Waals surface area contributed by atoms with Crippen LogP contribution in [0, 0.1) is 5.92 Å². The molecule has 1 unspecified atom stereocenters. The summed E-state index contributed by atoms with van der Waals surface area (Å²) in [5, 5.41) is 3.47. The molecule has 1 aliphatic rings. The molecular formula is C13H19BrN2. The minimum atomic E-state index is 0.790. The van der Waals surface area contributed by atoms with Crippen LogP contribution in [0.1, 0.15) is 12.8 Å². The van der Waals surface area contributed by atoms with Crippen molar-refractivity contribution in [2.75, 3.05) is 31.6 Å². The molecule has 1 aromatic carbocycles. The van der Waals surface area contributed by atoms with E-state index in [0.717, 1.165) is 16.9 Å². The van der Waals surface area contributed by atoms with Gasteiger partial charge in [0, 0.05) is 23.8 Å². The van der Waals surface area contributed by atoms with Gasteiger partial charge in [-0.3, -0.25) is 0 Å². The van der Waals surface area contributed by atoms with Crippen LogP contribution in [-0.4, -0.2) is 26.7 Å². The Hall–Kier alpha value is -0.540. The SMILES string of the molecule is CN(CC1CCCNC1)c1cccc(Br)c1. The van der Waals surface area contributed by atoms with E-state index in [2.05, 4.69) is 57.5 Å². The standard InChI is InChI=1S/C13H19BrN2/c1-16(10-11-4-3-7-15-9-11)13-6-2-5-12(14)8-13/h2,5-6,8,11,15H,3-4,7,9-10H2,1H3. The highest BCUT2D eigenvalue weighted by atomic mass is 79.9. The highest BCUT2D eigenvalue weighted by molar-refractivity contribution is 9.10. The fraction of sp³-hybridized carbons (Fsp3) is 0.538. The summed E-state index contributed by atoms with van der Waals surface area (Å²) < 4.78 is 1.15. The summed E-state index contributed by atoms with van der Waals surface area (Å²) in [6.45, 7) is 3.50. The molecule has 0 aromatic heterocycles. The van der Waals surface area contributed by atoms with Crippen LogP contribution in [0.15, 0.2) is 28.7 Å². The monoisotopic (exact) mass is 282 g/mol. The number of rotatable bonds is 3. The van der Waals surface area contributed by atoms with Crippen LogP contribution >= 0.6 is 15.9 Å². The molecule has 88 valence electrons. The van der Waals surface area contributed by atoms with Crippen LogP contribution < -0.4 is 10.2 Å². The van der Waals surface area contributed by atoms with E-state index < -0.39 is 0 Å². The van der Waals surface area contributed by atoms with Crippen LogP contribution in [0.25, 0.3) is 0 Å². The summed E-state index contributed by atoms with van der Waals surface area (Å²) in [6.07, 6.45) is 2.67. The van der Waals surface area contributed by atoms with Gasteiger partial charge in [-0.05, 0) is 50.0 Å². The van der Waals surface area contributed by atoms with Gasteiger partial charge in [-0.15, -0.1) is 0 Å². The molecule has 0 saturated carbocycles. The van der Waals surface area contributed by atoms with Crippen LogP contribution in [0.3, 0.4) is 0 Å². The number of piperidine rings is 1. The maximum absolute atomic E-state index is 3.52. The molecule has 1 heterocycles.